The van der Waals surface area contributed by atoms with Gasteiger partial charge < -0.3 is 5.32 Å². The van der Waals surface area contributed by atoms with Crippen LogP contribution in [0.5, 0.6) is 0 Å². The summed E-state index contributed by atoms with van der Waals surface area (Å²) in [6.07, 6.45) is 0.270. The first kappa shape index (κ1) is 18.0. The molecule has 3 aromatic heterocycles. The van der Waals surface area contributed by atoms with Gasteiger partial charge in [-0.15, -0.1) is 0 Å². The lowest BCUT2D eigenvalue weighted by atomic mass is 10.1. The molecule has 3 rings (SSSR count). The van der Waals surface area contributed by atoms with E-state index >= 15 is 0 Å². The van der Waals surface area contributed by atoms with Crippen LogP contribution in [-0.4, -0.2) is 30.3 Å². The highest BCUT2D eigenvalue weighted by atomic mass is 19.3. The summed E-state index contributed by atoms with van der Waals surface area (Å²) in [5.74, 6) is -0.422. The zero-order valence-corrected chi connectivity index (χ0v) is 15.0. The first-order valence-electron chi connectivity index (χ1n) is 8.30. The normalized spacial score (nSPS) is 12.7. The van der Waals surface area contributed by atoms with Crippen molar-refractivity contribution >= 4 is 11.6 Å². The SMILES string of the molecule is CCn1ncc(C(C)NC(=O)c2cnn3c(C(F)F)cc(C)nc23)c1C. The standard InChI is InChI=1S/C17H20F2N6O/c1-5-24-11(4)12(7-20-24)10(3)23-17(26)13-8-21-25-14(15(18)19)6-9(2)22-16(13)25/h6-8,10,15H,5H2,1-4H3,(H,23,26). The maximum absolute atomic E-state index is 13.2. The molecule has 138 valence electrons. The number of nitrogens with one attached hydrogen (secondary N) is 1. The number of aromatic nitrogens is 5. The second-order valence-electron chi connectivity index (χ2n) is 6.11. The van der Waals surface area contributed by atoms with Gasteiger partial charge in [-0.05, 0) is 33.8 Å². The van der Waals surface area contributed by atoms with E-state index < -0.39 is 12.3 Å². The number of aryl methyl sites for hydroxylation is 2. The molecule has 1 amide bonds. The number of rotatable bonds is 5. The van der Waals surface area contributed by atoms with E-state index in [9.17, 15) is 13.6 Å². The number of nitrogens with zero attached hydrogens (tertiary/aromatic N) is 5. The molecule has 0 bridgehead atoms. The van der Waals surface area contributed by atoms with Crippen molar-refractivity contribution in [3.8, 4) is 0 Å². The molecule has 0 aliphatic carbocycles. The number of amides is 1. The number of carbonyl (C=O) groups excluding carboxylic acids is 1. The maximum Gasteiger partial charge on any atom is 0.280 e. The van der Waals surface area contributed by atoms with E-state index in [0.29, 0.717) is 5.69 Å². The highest BCUT2D eigenvalue weighted by molar-refractivity contribution is 5.99. The lowest BCUT2D eigenvalue weighted by Gasteiger charge is -2.13. The second-order valence-corrected chi connectivity index (χ2v) is 6.11. The summed E-state index contributed by atoms with van der Waals surface area (Å²) in [4.78, 5) is 16.9. The third-order valence-corrected chi connectivity index (χ3v) is 4.35. The van der Waals surface area contributed by atoms with E-state index in [-0.39, 0.29) is 22.9 Å². The summed E-state index contributed by atoms with van der Waals surface area (Å²) < 4.78 is 29.3. The Kier molecular flexibility index (Phi) is 4.71. The molecule has 0 spiro atoms. The smallest absolute Gasteiger partial charge is 0.280 e. The van der Waals surface area contributed by atoms with Crippen LogP contribution in [0, 0.1) is 13.8 Å². The Labute approximate surface area is 149 Å². The number of carbonyl (C=O) groups is 1. The van der Waals surface area contributed by atoms with Crippen LogP contribution in [0.1, 0.15) is 59.3 Å². The third-order valence-electron chi connectivity index (χ3n) is 4.35. The zero-order chi connectivity index (χ0) is 19.0. The van der Waals surface area contributed by atoms with Gasteiger partial charge in [0.25, 0.3) is 12.3 Å². The van der Waals surface area contributed by atoms with E-state index in [1.54, 1.807) is 13.1 Å². The van der Waals surface area contributed by atoms with Crippen LogP contribution in [0.25, 0.3) is 5.65 Å². The fourth-order valence-corrected chi connectivity index (χ4v) is 2.99. The van der Waals surface area contributed by atoms with Crippen LogP contribution < -0.4 is 5.32 Å². The molecular weight excluding hydrogens is 342 g/mol. The minimum absolute atomic E-state index is 0.117. The molecule has 0 saturated heterocycles. The lowest BCUT2D eigenvalue weighted by molar-refractivity contribution is 0.0941. The summed E-state index contributed by atoms with van der Waals surface area (Å²) in [6, 6.07) is 0.967. The zero-order valence-electron chi connectivity index (χ0n) is 15.0. The summed E-state index contributed by atoms with van der Waals surface area (Å²) in [7, 11) is 0. The molecule has 0 fully saturated rings. The largest absolute Gasteiger partial charge is 0.345 e. The van der Waals surface area contributed by atoms with Crippen molar-refractivity contribution in [2.24, 2.45) is 0 Å². The van der Waals surface area contributed by atoms with E-state index in [0.717, 1.165) is 22.3 Å². The third kappa shape index (κ3) is 3.04. The number of hydrogen-bond acceptors (Lipinski definition) is 4. The summed E-state index contributed by atoms with van der Waals surface area (Å²) >= 11 is 0. The van der Waals surface area contributed by atoms with Crippen LogP contribution in [0.4, 0.5) is 8.78 Å². The predicted octanol–water partition coefficient (Wildman–Crippen LogP) is 2.99. The highest BCUT2D eigenvalue weighted by Crippen LogP contribution is 2.22. The van der Waals surface area contributed by atoms with E-state index in [1.807, 2.05) is 25.5 Å². The molecule has 3 aromatic rings. The minimum Gasteiger partial charge on any atom is -0.345 e. The van der Waals surface area contributed by atoms with Crippen molar-refractivity contribution in [2.45, 2.75) is 46.7 Å². The summed E-state index contributed by atoms with van der Waals surface area (Å²) in [6.45, 7) is 8.10. The van der Waals surface area contributed by atoms with Gasteiger partial charge in [-0.1, -0.05) is 0 Å². The first-order chi connectivity index (χ1) is 12.3. The topological polar surface area (TPSA) is 77.1 Å². The first-order valence-corrected chi connectivity index (χ1v) is 8.30. The predicted molar refractivity (Wildman–Crippen MR) is 91.2 cm³/mol. The van der Waals surface area contributed by atoms with Gasteiger partial charge in [0.2, 0.25) is 0 Å². The molecule has 1 atom stereocenters. The van der Waals surface area contributed by atoms with Crippen molar-refractivity contribution < 1.29 is 13.6 Å². The van der Waals surface area contributed by atoms with Crippen LogP contribution >= 0.6 is 0 Å². The molecule has 0 aliphatic heterocycles. The monoisotopic (exact) mass is 362 g/mol. The van der Waals surface area contributed by atoms with Crippen LogP contribution in [0.2, 0.25) is 0 Å². The second kappa shape index (κ2) is 6.81. The molecule has 0 radical (unpaired) electrons. The molecule has 1 unspecified atom stereocenters. The Morgan fingerprint density at radius 3 is 2.62 bits per heavy atom. The van der Waals surface area contributed by atoms with Crippen LogP contribution in [0.15, 0.2) is 18.5 Å². The average molecular weight is 362 g/mol. The molecule has 3 heterocycles. The maximum atomic E-state index is 13.2. The molecule has 7 nitrogen and oxygen atoms in total. The molecule has 0 aromatic carbocycles. The Morgan fingerprint density at radius 2 is 2.00 bits per heavy atom. The van der Waals surface area contributed by atoms with Crippen LogP contribution in [0.3, 0.4) is 0 Å². The van der Waals surface area contributed by atoms with E-state index in [1.165, 1.54) is 12.3 Å². The van der Waals surface area contributed by atoms with E-state index in [2.05, 4.69) is 20.5 Å². The molecule has 1 N–H and O–H groups in total. The van der Waals surface area contributed by atoms with Crippen molar-refractivity contribution in [1.29, 1.82) is 0 Å². The molecule has 0 saturated carbocycles. The van der Waals surface area contributed by atoms with Gasteiger partial charge in [0.05, 0.1) is 18.4 Å². The Balaban J connectivity index is 1.91. The van der Waals surface area contributed by atoms with Crippen molar-refractivity contribution in [3.63, 3.8) is 0 Å². The molecule has 9 heteroatoms. The minimum atomic E-state index is -2.71. The highest BCUT2D eigenvalue weighted by Gasteiger charge is 2.22. The number of halogens is 2. The van der Waals surface area contributed by atoms with Gasteiger partial charge >= 0.3 is 0 Å². The Morgan fingerprint density at radius 1 is 1.27 bits per heavy atom. The van der Waals surface area contributed by atoms with Crippen molar-refractivity contribution in [1.82, 2.24) is 29.7 Å². The number of alkyl halides is 2. The molecule has 0 aliphatic rings. The van der Waals surface area contributed by atoms with Gasteiger partial charge in [0.15, 0.2) is 5.65 Å². The van der Waals surface area contributed by atoms with Gasteiger partial charge in [-0.2, -0.15) is 10.2 Å². The van der Waals surface area contributed by atoms with Crippen LogP contribution in [-0.2, 0) is 6.54 Å². The Bertz CT molecular complexity index is 962. The number of fused-ring (bicyclic) bond motifs is 1. The number of hydrogen-bond donors (Lipinski definition) is 1. The quantitative estimate of drug-likeness (QED) is 0.757. The van der Waals surface area contributed by atoms with E-state index in [4.69, 9.17) is 0 Å². The van der Waals surface area contributed by atoms with Gasteiger partial charge in [-0.25, -0.2) is 18.3 Å². The fraction of sp³-hybridized carbons (Fsp3) is 0.412. The average Bonchev–Trinajstić information content (AvgIpc) is 3.16. The fourth-order valence-electron chi connectivity index (χ4n) is 2.99. The van der Waals surface area contributed by atoms with Crippen molar-refractivity contribution in [2.75, 3.05) is 0 Å². The molecular formula is C17H20F2N6O. The molecule has 26 heavy (non-hydrogen) atoms. The van der Waals surface area contributed by atoms with Gasteiger partial charge in [0, 0.05) is 23.5 Å². The van der Waals surface area contributed by atoms with Crippen molar-refractivity contribution in [3.05, 3.63) is 46.7 Å². The van der Waals surface area contributed by atoms with Gasteiger partial charge in [0.1, 0.15) is 11.3 Å². The summed E-state index contributed by atoms with van der Waals surface area (Å²) in [5.41, 5.74) is 2.24. The van der Waals surface area contributed by atoms with Gasteiger partial charge in [-0.3, -0.25) is 9.48 Å². The Hall–Kier alpha value is -2.84. The lowest BCUT2D eigenvalue weighted by Crippen LogP contribution is -2.27. The summed E-state index contributed by atoms with van der Waals surface area (Å²) in [5, 5.41) is 11.0.